The van der Waals surface area contributed by atoms with Gasteiger partial charge in [0, 0.05) is 12.2 Å². The van der Waals surface area contributed by atoms with Crippen LogP contribution in [-0.4, -0.2) is 52.5 Å². The number of benzene rings is 2. The molecular weight excluding hydrogens is 406 g/mol. The number of aromatic amines is 1. The molecule has 0 amide bonds. The average Bonchev–Trinajstić information content (AvgIpc) is 3.19. The van der Waals surface area contributed by atoms with Crippen LogP contribution in [0.4, 0.5) is 5.69 Å². The Balaban J connectivity index is 1.80. The Morgan fingerprint density at radius 1 is 1.16 bits per heavy atom. The van der Waals surface area contributed by atoms with Crippen molar-refractivity contribution in [1.29, 1.82) is 0 Å². The number of nitrogens with zero attached hydrogens (tertiary/aromatic N) is 3. The normalized spacial score (nSPS) is 17.7. The molecule has 166 valence electrons. The van der Waals surface area contributed by atoms with E-state index in [1.165, 1.54) is 5.56 Å². The van der Waals surface area contributed by atoms with E-state index in [-0.39, 0.29) is 24.0 Å². The van der Waals surface area contributed by atoms with Gasteiger partial charge < -0.3 is 15.0 Å². The quantitative estimate of drug-likeness (QED) is 0.574. The summed E-state index contributed by atoms with van der Waals surface area (Å²) >= 11 is 0. The molecule has 8 nitrogen and oxygen atoms in total. The minimum atomic E-state index is -0.692. The second kappa shape index (κ2) is 8.92. The van der Waals surface area contributed by atoms with E-state index in [0.717, 1.165) is 12.1 Å². The third-order valence-electron chi connectivity index (χ3n) is 5.46. The SMILES string of the molecule is CCOC(=O)c1cccc2c1C(=O)C(c1n[nH]c(C)n1)C(c1ccc(CN(C)C)cc1)N2. The summed E-state index contributed by atoms with van der Waals surface area (Å²) in [4.78, 5) is 32.9. The number of carbonyl (C=O) groups is 2. The van der Waals surface area contributed by atoms with Crippen molar-refractivity contribution in [1.82, 2.24) is 20.1 Å². The molecule has 2 unspecified atom stereocenters. The number of hydrogen-bond acceptors (Lipinski definition) is 7. The second-order valence-electron chi connectivity index (χ2n) is 8.17. The lowest BCUT2D eigenvalue weighted by atomic mass is 9.80. The summed E-state index contributed by atoms with van der Waals surface area (Å²) in [7, 11) is 4.05. The Bertz CT molecular complexity index is 1140. The molecule has 0 saturated heterocycles. The van der Waals surface area contributed by atoms with Gasteiger partial charge in [-0.3, -0.25) is 9.89 Å². The lowest BCUT2D eigenvalue weighted by Gasteiger charge is -2.33. The zero-order valence-corrected chi connectivity index (χ0v) is 18.7. The summed E-state index contributed by atoms with van der Waals surface area (Å²) in [6.45, 7) is 4.59. The highest BCUT2D eigenvalue weighted by atomic mass is 16.5. The number of esters is 1. The standard InChI is InChI=1S/C24H27N5O3/c1-5-32-24(31)17-7-6-8-18-19(17)22(30)20(23-25-14(2)27-28-23)21(26-18)16-11-9-15(10-12-16)13-29(3)4/h6-12,20-21,26H,5,13H2,1-4H3,(H,25,27,28). The van der Waals surface area contributed by atoms with E-state index in [1.54, 1.807) is 26.0 Å². The van der Waals surface area contributed by atoms with Crippen LogP contribution in [0.25, 0.3) is 0 Å². The van der Waals surface area contributed by atoms with Crippen LogP contribution in [0, 0.1) is 6.92 Å². The van der Waals surface area contributed by atoms with Crippen LogP contribution in [0.15, 0.2) is 42.5 Å². The van der Waals surface area contributed by atoms with Crippen molar-refractivity contribution < 1.29 is 14.3 Å². The van der Waals surface area contributed by atoms with Gasteiger partial charge in [-0.2, -0.15) is 5.10 Å². The first-order valence-corrected chi connectivity index (χ1v) is 10.6. The van der Waals surface area contributed by atoms with Crippen molar-refractivity contribution in [2.45, 2.75) is 32.4 Å². The molecule has 0 aliphatic carbocycles. The molecule has 32 heavy (non-hydrogen) atoms. The molecule has 2 N–H and O–H groups in total. The van der Waals surface area contributed by atoms with Crippen LogP contribution < -0.4 is 5.32 Å². The minimum Gasteiger partial charge on any atom is -0.462 e. The molecule has 4 rings (SSSR count). The Hall–Kier alpha value is -3.52. The molecule has 0 fully saturated rings. The first-order valence-electron chi connectivity index (χ1n) is 10.6. The van der Waals surface area contributed by atoms with Crippen LogP contribution >= 0.6 is 0 Å². The number of rotatable bonds is 6. The monoisotopic (exact) mass is 433 g/mol. The van der Waals surface area contributed by atoms with E-state index in [4.69, 9.17) is 4.74 Å². The fourth-order valence-corrected chi connectivity index (χ4v) is 4.11. The van der Waals surface area contributed by atoms with Gasteiger partial charge in [0.1, 0.15) is 11.7 Å². The van der Waals surface area contributed by atoms with Gasteiger partial charge in [0.05, 0.1) is 23.8 Å². The lowest BCUT2D eigenvalue weighted by molar-refractivity contribution is 0.0522. The molecule has 1 aliphatic heterocycles. The summed E-state index contributed by atoms with van der Waals surface area (Å²) in [6.07, 6.45) is 0. The highest BCUT2D eigenvalue weighted by Crippen LogP contribution is 2.42. The van der Waals surface area contributed by atoms with Gasteiger partial charge in [-0.25, -0.2) is 9.78 Å². The molecule has 2 atom stereocenters. The van der Waals surface area contributed by atoms with E-state index in [0.29, 0.717) is 22.9 Å². The fourth-order valence-electron chi connectivity index (χ4n) is 4.11. The maximum Gasteiger partial charge on any atom is 0.338 e. The molecule has 0 saturated carbocycles. The number of ether oxygens (including phenoxy) is 1. The molecule has 2 heterocycles. The summed E-state index contributed by atoms with van der Waals surface area (Å²) in [5.74, 6) is -0.397. The molecular formula is C24H27N5O3. The molecule has 1 aliphatic rings. The molecule has 2 aromatic carbocycles. The zero-order valence-electron chi connectivity index (χ0n) is 18.7. The molecule has 0 radical (unpaired) electrons. The van der Waals surface area contributed by atoms with Gasteiger partial charge in [-0.05, 0) is 51.2 Å². The number of ketones is 1. The number of fused-ring (bicyclic) bond motifs is 1. The maximum absolute atomic E-state index is 13.8. The summed E-state index contributed by atoms with van der Waals surface area (Å²) in [5, 5.41) is 10.6. The third kappa shape index (κ3) is 4.13. The minimum absolute atomic E-state index is 0.205. The van der Waals surface area contributed by atoms with Gasteiger partial charge in [0.2, 0.25) is 0 Å². The van der Waals surface area contributed by atoms with Crippen molar-refractivity contribution in [3.8, 4) is 0 Å². The van der Waals surface area contributed by atoms with Crippen LogP contribution in [0.2, 0.25) is 0 Å². The van der Waals surface area contributed by atoms with Crippen LogP contribution in [0.5, 0.6) is 0 Å². The largest absolute Gasteiger partial charge is 0.462 e. The Labute approximate surface area is 187 Å². The van der Waals surface area contributed by atoms with Crippen molar-refractivity contribution in [3.05, 3.63) is 76.4 Å². The van der Waals surface area contributed by atoms with E-state index < -0.39 is 11.9 Å². The van der Waals surface area contributed by atoms with Gasteiger partial charge in [-0.1, -0.05) is 30.3 Å². The molecule has 1 aromatic heterocycles. The van der Waals surface area contributed by atoms with Crippen molar-refractivity contribution in [3.63, 3.8) is 0 Å². The van der Waals surface area contributed by atoms with E-state index >= 15 is 0 Å². The van der Waals surface area contributed by atoms with Gasteiger partial charge in [-0.15, -0.1) is 0 Å². The van der Waals surface area contributed by atoms with Crippen molar-refractivity contribution in [2.24, 2.45) is 0 Å². The topological polar surface area (TPSA) is 100 Å². The number of Topliss-reactive ketones (excluding diaryl/α,β-unsaturated/α-hetero) is 1. The average molecular weight is 434 g/mol. The van der Waals surface area contributed by atoms with Crippen LogP contribution in [0.1, 0.15) is 62.4 Å². The van der Waals surface area contributed by atoms with Crippen LogP contribution in [-0.2, 0) is 11.3 Å². The lowest BCUT2D eigenvalue weighted by Crippen LogP contribution is -2.34. The predicted molar refractivity (Wildman–Crippen MR) is 121 cm³/mol. The molecule has 3 aromatic rings. The number of aromatic nitrogens is 3. The number of nitrogens with one attached hydrogen (secondary N) is 2. The van der Waals surface area contributed by atoms with Gasteiger partial charge >= 0.3 is 5.97 Å². The predicted octanol–water partition coefficient (Wildman–Crippen LogP) is 3.48. The molecule has 0 spiro atoms. The number of anilines is 1. The number of hydrogen-bond donors (Lipinski definition) is 2. The number of aryl methyl sites for hydroxylation is 1. The third-order valence-corrected chi connectivity index (χ3v) is 5.46. The zero-order chi connectivity index (χ0) is 22.8. The van der Waals surface area contributed by atoms with E-state index in [1.807, 2.05) is 32.3 Å². The van der Waals surface area contributed by atoms with Crippen molar-refractivity contribution >= 4 is 17.4 Å². The highest BCUT2D eigenvalue weighted by Gasteiger charge is 2.41. The molecule has 0 bridgehead atoms. The Morgan fingerprint density at radius 3 is 2.53 bits per heavy atom. The number of carbonyl (C=O) groups excluding carboxylic acids is 2. The van der Waals surface area contributed by atoms with Crippen molar-refractivity contribution in [2.75, 3.05) is 26.0 Å². The summed E-state index contributed by atoms with van der Waals surface area (Å²) in [5.41, 5.74) is 3.29. The second-order valence-corrected chi connectivity index (χ2v) is 8.17. The van der Waals surface area contributed by atoms with E-state index in [9.17, 15) is 9.59 Å². The first-order chi connectivity index (χ1) is 15.4. The van der Waals surface area contributed by atoms with Crippen LogP contribution in [0.3, 0.4) is 0 Å². The maximum atomic E-state index is 13.8. The summed E-state index contributed by atoms with van der Waals surface area (Å²) < 4.78 is 5.18. The molecule has 8 heteroatoms. The number of H-pyrrole nitrogens is 1. The Morgan fingerprint density at radius 2 is 1.91 bits per heavy atom. The van der Waals surface area contributed by atoms with Gasteiger partial charge in [0.15, 0.2) is 11.6 Å². The van der Waals surface area contributed by atoms with E-state index in [2.05, 4.69) is 37.5 Å². The van der Waals surface area contributed by atoms with Gasteiger partial charge in [0.25, 0.3) is 0 Å². The summed E-state index contributed by atoms with van der Waals surface area (Å²) in [6, 6.07) is 13.0. The Kier molecular flexibility index (Phi) is 6.05. The smallest absolute Gasteiger partial charge is 0.338 e. The fraction of sp³-hybridized carbons (Fsp3) is 0.333. The highest BCUT2D eigenvalue weighted by molar-refractivity contribution is 6.14. The first kappa shape index (κ1) is 21.7.